The molecule has 0 heterocycles. The number of carboxylic acid groups (broad SMARTS) is 1. The summed E-state index contributed by atoms with van der Waals surface area (Å²) in [7, 11) is -4.64. The van der Waals surface area contributed by atoms with Gasteiger partial charge < -0.3 is 24.9 Å². The van der Waals surface area contributed by atoms with Gasteiger partial charge in [0, 0.05) is 0 Å². The maximum atomic E-state index is 9.95. The van der Waals surface area contributed by atoms with E-state index in [2.05, 4.69) is 0 Å². The molecule has 0 spiro atoms. The highest BCUT2D eigenvalue weighted by Gasteiger charge is 2.10. The highest BCUT2D eigenvalue weighted by molar-refractivity contribution is 7.98. The molecular formula is C5H13O7PS. The van der Waals surface area contributed by atoms with Gasteiger partial charge in [-0.2, -0.15) is 11.8 Å². The minimum absolute atomic E-state index is 0.330. The van der Waals surface area contributed by atoms with Gasteiger partial charge in [-0.1, -0.05) is 0 Å². The van der Waals surface area contributed by atoms with Gasteiger partial charge in [-0.05, 0) is 18.4 Å². The summed E-state index contributed by atoms with van der Waals surface area (Å²) in [5, 5.41) is 16.8. The molecule has 0 saturated carbocycles. The van der Waals surface area contributed by atoms with Crippen LogP contribution in [0.25, 0.3) is 0 Å². The lowest BCUT2D eigenvalue weighted by Crippen LogP contribution is -2.19. The molecule has 14 heavy (non-hydrogen) atoms. The lowest BCUT2D eigenvalue weighted by atomic mass is 10.3. The van der Waals surface area contributed by atoms with Gasteiger partial charge in [0.1, 0.15) is 0 Å². The van der Waals surface area contributed by atoms with Crippen molar-refractivity contribution >= 4 is 25.6 Å². The Bertz CT molecular complexity index is 194. The van der Waals surface area contributed by atoms with Gasteiger partial charge in [0.2, 0.25) is 0 Å². The molecule has 5 N–H and O–H groups in total. The first-order valence-electron chi connectivity index (χ1n) is 3.36. The average molecular weight is 248 g/mol. The van der Waals surface area contributed by atoms with Crippen molar-refractivity contribution in [1.29, 1.82) is 0 Å². The topological polar surface area (TPSA) is 135 Å². The number of carbonyl (C=O) groups is 1. The van der Waals surface area contributed by atoms with Crippen LogP contribution in [0.2, 0.25) is 0 Å². The van der Waals surface area contributed by atoms with Crippen LogP contribution in [0.1, 0.15) is 6.42 Å². The third-order valence-corrected chi connectivity index (χ3v) is 1.52. The second-order valence-electron chi connectivity index (χ2n) is 2.15. The van der Waals surface area contributed by atoms with Crippen LogP contribution in [0.3, 0.4) is 0 Å². The van der Waals surface area contributed by atoms with E-state index in [-0.39, 0.29) is 0 Å². The number of rotatable bonds is 4. The molecule has 0 aromatic carbocycles. The Morgan fingerprint density at radius 2 is 1.79 bits per heavy atom. The Kier molecular flexibility index (Phi) is 9.58. The molecule has 7 nitrogen and oxygen atoms in total. The lowest BCUT2D eigenvalue weighted by Gasteiger charge is -2.01. The average Bonchev–Trinajstić information content (AvgIpc) is 1.96. The molecule has 1 unspecified atom stereocenters. The minimum atomic E-state index is -4.64. The van der Waals surface area contributed by atoms with Gasteiger partial charge >= 0.3 is 13.8 Å². The van der Waals surface area contributed by atoms with E-state index in [9.17, 15) is 4.79 Å². The number of aliphatic hydroxyl groups excluding tert-OH is 1. The monoisotopic (exact) mass is 248 g/mol. The molecule has 1 atom stereocenters. The second-order valence-corrected chi connectivity index (χ2v) is 4.16. The van der Waals surface area contributed by atoms with Crippen LogP contribution in [-0.4, -0.2) is 49.0 Å². The third kappa shape index (κ3) is 22.7. The highest BCUT2D eigenvalue weighted by atomic mass is 32.2. The maximum absolute atomic E-state index is 9.95. The molecule has 0 aliphatic heterocycles. The lowest BCUT2D eigenvalue weighted by molar-refractivity contribution is -0.146. The van der Waals surface area contributed by atoms with Crippen LogP contribution in [-0.2, 0) is 9.36 Å². The van der Waals surface area contributed by atoms with Crippen LogP contribution in [0.5, 0.6) is 0 Å². The van der Waals surface area contributed by atoms with E-state index < -0.39 is 19.9 Å². The van der Waals surface area contributed by atoms with Crippen molar-refractivity contribution < 1.29 is 34.3 Å². The van der Waals surface area contributed by atoms with Crippen molar-refractivity contribution in [3.63, 3.8) is 0 Å². The third-order valence-electron chi connectivity index (χ3n) is 0.880. The Balaban J connectivity index is 0. The first kappa shape index (κ1) is 16.3. The van der Waals surface area contributed by atoms with Crippen LogP contribution >= 0.6 is 19.6 Å². The summed E-state index contributed by atoms with van der Waals surface area (Å²) in [6, 6.07) is 0. The van der Waals surface area contributed by atoms with Gasteiger partial charge in [0.15, 0.2) is 6.10 Å². The van der Waals surface area contributed by atoms with Crippen molar-refractivity contribution in [3.05, 3.63) is 0 Å². The van der Waals surface area contributed by atoms with E-state index in [0.717, 1.165) is 0 Å². The molecule has 0 aromatic rings. The largest absolute Gasteiger partial charge is 0.479 e. The predicted molar refractivity (Wildman–Crippen MR) is 50.9 cm³/mol. The minimum Gasteiger partial charge on any atom is -0.479 e. The Morgan fingerprint density at radius 1 is 1.43 bits per heavy atom. The van der Waals surface area contributed by atoms with Gasteiger partial charge in [-0.15, -0.1) is 0 Å². The van der Waals surface area contributed by atoms with Crippen molar-refractivity contribution in [3.8, 4) is 0 Å². The molecule has 0 fully saturated rings. The number of hydrogen-bond acceptors (Lipinski definition) is 4. The van der Waals surface area contributed by atoms with Gasteiger partial charge in [-0.3, -0.25) is 0 Å². The number of thioether (sulfide) groups is 1. The summed E-state index contributed by atoms with van der Waals surface area (Å²) in [5.41, 5.74) is 0. The number of hydrogen-bond donors (Lipinski definition) is 5. The standard InChI is InChI=1S/C5H10O3S.H3O4P/c1-9-3-2-4(6)5(7)8;1-5(2,3)4/h4,6H,2-3H2,1H3,(H,7,8);(H3,1,2,3,4). The Morgan fingerprint density at radius 3 is 2.00 bits per heavy atom. The summed E-state index contributed by atoms with van der Waals surface area (Å²) in [5.74, 6) is -0.447. The molecule has 86 valence electrons. The van der Waals surface area contributed by atoms with Crippen molar-refractivity contribution in [2.75, 3.05) is 12.0 Å². The summed E-state index contributed by atoms with van der Waals surface area (Å²) < 4.78 is 8.88. The predicted octanol–water partition coefficient (Wildman–Crippen LogP) is -0.744. The zero-order chi connectivity index (χ0) is 11.8. The Hall–Kier alpha value is -0.110. The number of phosphoric acid groups is 1. The second kappa shape index (κ2) is 8.22. The fraction of sp³-hybridized carbons (Fsp3) is 0.800. The van der Waals surface area contributed by atoms with E-state index in [1.165, 1.54) is 11.8 Å². The molecule has 9 heteroatoms. The van der Waals surface area contributed by atoms with Crippen molar-refractivity contribution in [2.24, 2.45) is 0 Å². The summed E-state index contributed by atoms with van der Waals surface area (Å²) in [6.07, 6.45) is 1.02. The highest BCUT2D eigenvalue weighted by Crippen LogP contribution is 2.25. The van der Waals surface area contributed by atoms with E-state index in [0.29, 0.717) is 12.2 Å². The Labute approximate surface area is 85.0 Å². The zero-order valence-corrected chi connectivity index (χ0v) is 9.11. The van der Waals surface area contributed by atoms with E-state index in [4.69, 9.17) is 29.5 Å². The van der Waals surface area contributed by atoms with Gasteiger partial charge in [0.25, 0.3) is 0 Å². The molecule has 0 aromatic heterocycles. The van der Waals surface area contributed by atoms with Crippen molar-refractivity contribution in [1.82, 2.24) is 0 Å². The number of aliphatic hydroxyl groups is 1. The maximum Gasteiger partial charge on any atom is 0.466 e. The van der Waals surface area contributed by atoms with Crippen LogP contribution in [0.4, 0.5) is 0 Å². The fourth-order valence-corrected chi connectivity index (χ4v) is 0.812. The molecule has 0 saturated heterocycles. The smallest absolute Gasteiger partial charge is 0.466 e. The molecule has 0 amide bonds. The summed E-state index contributed by atoms with van der Waals surface area (Å²) in [6.45, 7) is 0. The van der Waals surface area contributed by atoms with Crippen LogP contribution < -0.4 is 0 Å². The first-order valence-corrected chi connectivity index (χ1v) is 6.32. The molecule has 0 rings (SSSR count). The molecule has 0 aliphatic rings. The number of carboxylic acids is 1. The van der Waals surface area contributed by atoms with Gasteiger partial charge in [0.05, 0.1) is 0 Å². The normalized spacial score (nSPS) is 12.6. The summed E-state index contributed by atoms with van der Waals surface area (Å²) >= 11 is 1.52. The van der Waals surface area contributed by atoms with E-state index in [1.807, 2.05) is 6.26 Å². The summed E-state index contributed by atoms with van der Waals surface area (Å²) in [4.78, 5) is 31.5. The quantitative estimate of drug-likeness (QED) is 0.410. The zero-order valence-electron chi connectivity index (χ0n) is 7.40. The van der Waals surface area contributed by atoms with E-state index in [1.54, 1.807) is 0 Å². The molecular weight excluding hydrogens is 235 g/mol. The first-order chi connectivity index (χ1) is 6.18. The number of aliphatic carboxylic acids is 1. The van der Waals surface area contributed by atoms with Gasteiger partial charge in [-0.25, -0.2) is 9.36 Å². The van der Waals surface area contributed by atoms with Crippen LogP contribution in [0, 0.1) is 0 Å². The molecule has 0 aliphatic carbocycles. The van der Waals surface area contributed by atoms with Crippen LogP contribution in [0.15, 0.2) is 0 Å². The fourth-order valence-electron chi connectivity index (χ4n) is 0.353. The molecule has 0 bridgehead atoms. The molecule has 0 radical (unpaired) electrons. The van der Waals surface area contributed by atoms with E-state index >= 15 is 0 Å². The van der Waals surface area contributed by atoms with Crippen molar-refractivity contribution in [2.45, 2.75) is 12.5 Å². The SMILES string of the molecule is CSCCC(O)C(=O)O.O=P(O)(O)O.